The standard InChI is InChI=1S/C26H25BrF9NO7/c1-2-41-20(21(38)39)15-16-3-7-18(8-4-16)42-13-11-37(22(40)44-19-9-5-17(27)6-10-19)12-14-43-26(35,36)24(30,31)23(28,29)25(32,33)34/h3-10,20H,2,11-15H2,1H3,(H,38,39). The lowest BCUT2D eigenvalue weighted by atomic mass is 10.1. The van der Waals surface area contributed by atoms with Gasteiger partial charge in [-0.2, -0.15) is 39.5 Å². The molecule has 1 atom stereocenters. The molecule has 44 heavy (non-hydrogen) atoms. The minimum absolute atomic E-state index is 0.0394. The number of rotatable bonds is 16. The molecule has 0 saturated carbocycles. The Balaban J connectivity index is 2.09. The molecule has 0 aliphatic carbocycles. The number of benzene rings is 2. The van der Waals surface area contributed by atoms with Crippen molar-refractivity contribution in [2.75, 3.05) is 32.9 Å². The number of carboxylic acid groups (broad SMARTS) is 1. The van der Waals surface area contributed by atoms with E-state index in [1.165, 1.54) is 48.5 Å². The normalized spacial score (nSPS) is 13.3. The van der Waals surface area contributed by atoms with Crippen LogP contribution in [0.5, 0.6) is 11.5 Å². The highest BCUT2D eigenvalue weighted by Gasteiger charge is 2.82. The second-order valence-corrected chi connectivity index (χ2v) is 9.72. The van der Waals surface area contributed by atoms with Crippen molar-refractivity contribution in [1.82, 2.24) is 4.90 Å². The molecule has 18 heteroatoms. The zero-order valence-corrected chi connectivity index (χ0v) is 24.1. The van der Waals surface area contributed by atoms with Crippen molar-refractivity contribution in [2.24, 2.45) is 0 Å². The van der Waals surface area contributed by atoms with Crippen LogP contribution in [-0.4, -0.2) is 85.2 Å². The van der Waals surface area contributed by atoms with Crippen molar-refractivity contribution in [1.29, 1.82) is 0 Å². The number of nitrogens with zero attached hydrogens (tertiary/aromatic N) is 1. The fraction of sp³-hybridized carbons (Fsp3) is 0.462. The lowest BCUT2D eigenvalue weighted by Gasteiger charge is -2.33. The minimum Gasteiger partial charge on any atom is -0.492 e. The molecule has 1 amide bonds. The average molecular weight is 714 g/mol. The first kappa shape index (κ1) is 36.9. The van der Waals surface area contributed by atoms with Crippen LogP contribution in [0.2, 0.25) is 0 Å². The third-order valence-electron chi connectivity index (χ3n) is 5.66. The van der Waals surface area contributed by atoms with Crippen LogP contribution in [-0.2, 0) is 20.7 Å². The van der Waals surface area contributed by atoms with Crippen LogP contribution in [0.25, 0.3) is 0 Å². The van der Waals surface area contributed by atoms with Gasteiger partial charge in [0.05, 0.1) is 13.2 Å². The molecule has 8 nitrogen and oxygen atoms in total. The van der Waals surface area contributed by atoms with Crippen molar-refractivity contribution in [3.8, 4) is 11.5 Å². The van der Waals surface area contributed by atoms with Crippen LogP contribution >= 0.6 is 15.9 Å². The van der Waals surface area contributed by atoms with Crippen LogP contribution in [0.4, 0.5) is 44.3 Å². The maximum Gasteiger partial charge on any atom is 0.460 e. The third-order valence-corrected chi connectivity index (χ3v) is 6.18. The number of aliphatic carboxylic acids is 1. The van der Waals surface area contributed by atoms with Gasteiger partial charge in [0.1, 0.15) is 18.1 Å². The van der Waals surface area contributed by atoms with Crippen LogP contribution in [0.1, 0.15) is 12.5 Å². The van der Waals surface area contributed by atoms with Gasteiger partial charge in [0.2, 0.25) is 0 Å². The van der Waals surface area contributed by atoms with Gasteiger partial charge in [-0.1, -0.05) is 28.1 Å². The molecule has 2 rings (SSSR count). The first-order valence-corrected chi connectivity index (χ1v) is 13.2. The van der Waals surface area contributed by atoms with Gasteiger partial charge in [-0.05, 0) is 48.9 Å². The molecule has 1 unspecified atom stereocenters. The van der Waals surface area contributed by atoms with Gasteiger partial charge >= 0.3 is 36.2 Å². The van der Waals surface area contributed by atoms with E-state index in [-0.39, 0.29) is 31.1 Å². The largest absolute Gasteiger partial charge is 0.492 e. The van der Waals surface area contributed by atoms with E-state index in [9.17, 15) is 54.2 Å². The number of carbonyl (C=O) groups excluding carboxylic acids is 1. The number of carboxylic acids is 1. The van der Waals surface area contributed by atoms with Crippen LogP contribution in [0.15, 0.2) is 53.0 Å². The minimum atomic E-state index is -7.13. The molecule has 0 bridgehead atoms. The summed E-state index contributed by atoms with van der Waals surface area (Å²) >= 11 is 3.15. The van der Waals surface area contributed by atoms with E-state index in [4.69, 9.17) is 14.2 Å². The van der Waals surface area contributed by atoms with Crippen LogP contribution < -0.4 is 9.47 Å². The lowest BCUT2D eigenvalue weighted by Crippen LogP contribution is -2.62. The van der Waals surface area contributed by atoms with Gasteiger partial charge < -0.3 is 29.0 Å². The van der Waals surface area contributed by atoms with Crippen LogP contribution in [0.3, 0.4) is 0 Å². The summed E-state index contributed by atoms with van der Waals surface area (Å²) in [6.45, 7) is -1.68. The highest BCUT2D eigenvalue weighted by molar-refractivity contribution is 9.10. The summed E-state index contributed by atoms with van der Waals surface area (Å²) in [4.78, 5) is 24.5. The number of alkyl halides is 9. The number of carbonyl (C=O) groups is 2. The summed E-state index contributed by atoms with van der Waals surface area (Å²) < 4.78 is 138. The Bertz CT molecular complexity index is 1230. The van der Waals surface area contributed by atoms with Gasteiger partial charge in [-0.15, -0.1) is 0 Å². The van der Waals surface area contributed by atoms with Crippen LogP contribution in [0, 0.1) is 0 Å². The predicted molar refractivity (Wildman–Crippen MR) is 137 cm³/mol. The Kier molecular flexibility index (Phi) is 12.7. The monoisotopic (exact) mass is 713 g/mol. The Hall–Kier alpha value is -3.25. The molecule has 2 aromatic rings. The van der Waals surface area contributed by atoms with Gasteiger partial charge in [0.25, 0.3) is 0 Å². The predicted octanol–water partition coefficient (Wildman–Crippen LogP) is 6.80. The molecule has 2 aromatic carbocycles. The Labute approximate surface area is 252 Å². The maximum absolute atomic E-state index is 13.8. The summed E-state index contributed by atoms with van der Waals surface area (Å²) in [5.41, 5.74) is 0.573. The molecule has 0 spiro atoms. The lowest BCUT2D eigenvalue weighted by molar-refractivity contribution is -0.443. The van der Waals surface area contributed by atoms with E-state index in [0.717, 1.165) is 0 Å². The fourth-order valence-corrected chi connectivity index (χ4v) is 3.59. The van der Waals surface area contributed by atoms with Gasteiger partial charge in [-0.3, -0.25) is 0 Å². The second kappa shape index (κ2) is 15.2. The molecule has 1 N–H and O–H groups in total. The highest BCUT2D eigenvalue weighted by atomic mass is 79.9. The van der Waals surface area contributed by atoms with Crippen molar-refractivity contribution >= 4 is 28.0 Å². The molecule has 0 aliphatic rings. The first-order chi connectivity index (χ1) is 20.3. The van der Waals surface area contributed by atoms with E-state index in [2.05, 4.69) is 20.7 Å². The molecule has 246 valence electrons. The molecule has 0 aromatic heterocycles. The van der Waals surface area contributed by atoms with Gasteiger partial charge in [0, 0.05) is 24.0 Å². The van der Waals surface area contributed by atoms with Crippen molar-refractivity contribution in [2.45, 2.75) is 43.6 Å². The van der Waals surface area contributed by atoms with Gasteiger partial charge in [0.15, 0.2) is 6.10 Å². The van der Waals surface area contributed by atoms with E-state index in [1.54, 1.807) is 6.92 Å². The summed E-state index contributed by atoms with van der Waals surface area (Å²) in [5, 5.41) is 9.19. The van der Waals surface area contributed by atoms with Gasteiger partial charge in [-0.25, -0.2) is 9.59 Å². The first-order valence-electron chi connectivity index (χ1n) is 12.4. The quantitative estimate of drug-likeness (QED) is 0.191. The number of ether oxygens (including phenoxy) is 4. The Morgan fingerprint density at radius 1 is 0.841 bits per heavy atom. The van der Waals surface area contributed by atoms with Crippen molar-refractivity contribution in [3.63, 3.8) is 0 Å². The highest BCUT2D eigenvalue weighted by Crippen LogP contribution is 2.53. The summed E-state index contributed by atoms with van der Waals surface area (Å²) in [5.74, 6) is -15.1. The second-order valence-electron chi connectivity index (χ2n) is 8.80. The Morgan fingerprint density at radius 2 is 1.39 bits per heavy atom. The molecule has 0 radical (unpaired) electrons. The molecule has 0 heterocycles. The number of hydrogen-bond donors (Lipinski definition) is 1. The molecule has 0 fully saturated rings. The zero-order valence-electron chi connectivity index (χ0n) is 22.6. The third kappa shape index (κ3) is 9.62. The van der Waals surface area contributed by atoms with E-state index < -0.39 is 62.0 Å². The summed E-state index contributed by atoms with van der Waals surface area (Å²) in [7, 11) is 0. The summed E-state index contributed by atoms with van der Waals surface area (Å²) in [6, 6.07) is 11.5. The fourth-order valence-electron chi connectivity index (χ4n) is 3.33. The molecular weight excluding hydrogens is 689 g/mol. The average Bonchev–Trinajstić information content (AvgIpc) is 2.93. The molecule has 0 aliphatic heterocycles. The smallest absolute Gasteiger partial charge is 0.460 e. The van der Waals surface area contributed by atoms with Crippen molar-refractivity contribution < 1.29 is 73.2 Å². The zero-order chi connectivity index (χ0) is 33.3. The molecular formula is C26H25BrF9NO7. The van der Waals surface area contributed by atoms with Crippen molar-refractivity contribution in [3.05, 3.63) is 58.6 Å². The topological polar surface area (TPSA) is 94.5 Å². The Morgan fingerprint density at radius 3 is 1.91 bits per heavy atom. The van der Waals surface area contributed by atoms with E-state index in [1.807, 2.05) is 0 Å². The molecule has 0 saturated heterocycles. The number of halogens is 10. The summed E-state index contributed by atoms with van der Waals surface area (Å²) in [6.07, 6.45) is -15.6. The number of amides is 1. The maximum atomic E-state index is 13.8. The van der Waals surface area contributed by atoms with E-state index in [0.29, 0.717) is 14.9 Å². The SMILES string of the molecule is CCOC(Cc1ccc(OCCN(CCOC(F)(F)C(F)(F)C(F)(F)C(F)(F)F)C(=O)Oc2ccc(Br)cc2)cc1)C(=O)O. The van der Waals surface area contributed by atoms with E-state index >= 15 is 0 Å². The number of hydrogen-bond acceptors (Lipinski definition) is 6.